The first-order valence-electron chi connectivity index (χ1n) is 7.21. The number of aryl methyl sites for hydroxylation is 1. The topological polar surface area (TPSA) is 61.8 Å². The van der Waals surface area contributed by atoms with E-state index in [-0.39, 0.29) is 17.6 Å². The normalized spacial score (nSPS) is 18.4. The van der Waals surface area contributed by atoms with Gasteiger partial charge in [0.15, 0.2) is 0 Å². The van der Waals surface area contributed by atoms with Gasteiger partial charge >= 0.3 is 0 Å². The highest BCUT2D eigenvalue weighted by molar-refractivity contribution is 8.32. The number of ether oxygens (including phenoxy) is 2. The van der Waals surface area contributed by atoms with E-state index in [2.05, 4.69) is 0 Å². The van der Waals surface area contributed by atoms with Crippen LogP contribution in [0.4, 0.5) is 0 Å². The van der Waals surface area contributed by atoms with Gasteiger partial charge < -0.3 is 9.47 Å². The van der Waals surface area contributed by atoms with Crippen molar-refractivity contribution in [1.29, 1.82) is 0 Å². The predicted octanol–water partition coefficient (Wildman–Crippen LogP) is 2.88. The Morgan fingerprint density at radius 3 is 2.30 bits per heavy atom. The molecule has 1 aromatic rings. The van der Waals surface area contributed by atoms with Crippen molar-refractivity contribution in [3.63, 3.8) is 0 Å². The zero-order chi connectivity index (χ0) is 16.9. The Morgan fingerprint density at radius 1 is 1.17 bits per heavy atom. The summed E-state index contributed by atoms with van der Waals surface area (Å²) in [5.74, 6) is 0. The van der Waals surface area contributed by atoms with E-state index in [1.165, 1.54) is 7.11 Å². The smallest absolute Gasteiger partial charge is 0.297 e. The first-order valence-corrected chi connectivity index (χ1v) is 10.7. The Labute approximate surface area is 146 Å². The van der Waals surface area contributed by atoms with Crippen LogP contribution in [0, 0.1) is 6.92 Å². The van der Waals surface area contributed by atoms with E-state index in [1.54, 1.807) is 31.4 Å². The maximum absolute atomic E-state index is 12.5. The van der Waals surface area contributed by atoms with Crippen molar-refractivity contribution < 1.29 is 22.1 Å². The van der Waals surface area contributed by atoms with Gasteiger partial charge in [-0.3, -0.25) is 4.18 Å². The molecule has 0 aliphatic carbocycles. The van der Waals surface area contributed by atoms with Crippen LogP contribution in [0.3, 0.4) is 0 Å². The fraction of sp³-hybridized carbons (Fsp3) is 0.600. The highest BCUT2D eigenvalue weighted by Gasteiger charge is 2.33. The summed E-state index contributed by atoms with van der Waals surface area (Å²) in [6.45, 7) is 2.06. The highest BCUT2D eigenvalue weighted by atomic mass is 32.3. The second kappa shape index (κ2) is 8.73. The molecule has 1 aromatic carbocycles. The lowest BCUT2D eigenvalue weighted by Gasteiger charge is -2.31. The van der Waals surface area contributed by atoms with Gasteiger partial charge in [0.1, 0.15) is 6.10 Å². The molecule has 8 heteroatoms. The molecule has 0 aromatic heterocycles. The van der Waals surface area contributed by atoms with E-state index in [0.717, 1.165) is 17.1 Å². The van der Waals surface area contributed by atoms with Crippen LogP contribution < -0.4 is 0 Å². The van der Waals surface area contributed by atoms with E-state index >= 15 is 0 Å². The van der Waals surface area contributed by atoms with Crippen molar-refractivity contribution in [3.05, 3.63) is 29.8 Å². The van der Waals surface area contributed by atoms with Crippen molar-refractivity contribution in [2.75, 3.05) is 25.9 Å². The first-order chi connectivity index (χ1) is 11.0. The molecule has 0 bridgehead atoms. The quantitative estimate of drug-likeness (QED) is 0.612. The first kappa shape index (κ1) is 19.1. The Kier molecular flexibility index (Phi) is 7.24. The summed E-state index contributed by atoms with van der Waals surface area (Å²) < 4.78 is 41.4. The minimum Gasteiger partial charge on any atom is -0.382 e. The molecule has 0 spiro atoms. The maximum atomic E-state index is 12.5. The standard InChI is InChI=1S/C15H22O5S3/c1-11-4-6-12(7-5-11)23(16,17)20-14(9-18-2)13(19-3)8-15-21-10-22-15/h4-7,13-15H,8-10H2,1-3H3/t13-,14-/m0/s1. The summed E-state index contributed by atoms with van der Waals surface area (Å²) >= 11 is 3.68. The molecule has 1 saturated heterocycles. The van der Waals surface area contributed by atoms with E-state index in [0.29, 0.717) is 4.58 Å². The predicted molar refractivity (Wildman–Crippen MR) is 94.4 cm³/mol. The van der Waals surface area contributed by atoms with Gasteiger partial charge in [-0.25, -0.2) is 0 Å². The Bertz CT molecular complexity index is 584. The van der Waals surface area contributed by atoms with Crippen LogP contribution in [0.15, 0.2) is 29.2 Å². The molecule has 0 radical (unpaired) electrons. The summed E-state index contributed by atoms with van der Waals surface area (Å²) in [5, 5.41) is 1.07. The van der Waals surface area contributed by atoms with Crippen molar-refractivity contribution in [2.24, 2.45) is 0 Å². The molecule has 130 valence electrons. The van der Waals surface area contributed by atoms with E-state index < -0.39 is 16.2 Å². The molecule has 1 heterocycles. The zero-order valence-electron chi connectivity index (χ0n) is 13.4. The number of benzene rings is 1. The molecule has 23 heavy (non-hydrogen) atoms. The van der Waals surface area contributed by atoms with E-state index in [1.807, 2.05) is 30.4 Å². The SMILES string of the molecule is COC[C@H](OS(=O)(=O)c1ccc(C)cc1)[C@H](CC1SCS1)OC. The molecular formula is C15H22O5S3. The van der Waals surface area contributed by atoms with Crippen molar-refractivity contribution in [1.82, 2.24) is 0 Å². The second-order valence-electron chi connectivity index (χ2n) is 5.25. The zero-order valence-corrected chi connectivity index (χ0v) is 15.9. The van der Waals surface area contributed by atoms with Crippen LogP contribution in [0.2, 0.25) is 0 Å². The van der Waals surface area contributed by atoms with Crippen molar-refractivity contribution >= 4 is 33.6 Å². The Hall–Kier alpha value is -0.250. The molecule has 0 amide bonds. The van der Waals surface area contributed by atoms with Crippen LogP contribution in [-0.4, -0.2) is 51.1 Å². The fourth-order valence-electron chi connectivity index (χ4n) is 2.17. The Balaban J connectivity index is 2.11. The van der Waals surface area contributed by atoms with Gasteiger partial charge in [0.05, 0.1) is 22.2 Å². The Morgan fingerprint density at radius 2 is 1.83 bits per heavy atom. The van der Waals surface area contributed by atoms with Gasteiger partial charge in [-0.05, 0) is 25.5 Å². The summed E-state index contributed by atoms with van der Waals surface area (Å²) in [7, 11) is -0.757. The summed E-state index contributed by atoms with van der Waals surface area (Å²) in [4.78, 5) is 0.145. The number of thioether (sulfide) groups is 2. The average Bonchev–Trinajstić information content (AvgIpc) is 2.46. The number of methoxy groups -OCH3 is 2. The largest absolute Gasteiger partial charge is 0.382 e. The summed E-state index contributed by atoms with van der Waals surface area (Å²) in [6.07, 6.45) is -0.276. The lowest BCUT2D eigenvalue weighted by molar-refractivity contribution is -0.0321. The molecular weight excluding hydrogens is 356 g/mol. The minimum atomic E-state index is -3.85. The molecule has 2 atom stereocenters. The van der Waals surface area contributed by atoms with E-state index in [4.69, 9.17) is 13.7 Å². The number of hydrogen-bond donors (Lipinski definition) is 0. The van der Waals surface area contributed by atoms with Gasteiger partial charge in [-0.15, -0.1) is 23.5 Å². The van der Waals surface area contributed by atoms with Gasteiger partial charge in [-0.1, -0.05) is 17.7 Å². The van der Waals surface area contributed by atoms with Crippen molar-refractivity contribution in [2.45, 2.75) is 35.0 Å². The van der Waals surface area contributed by atoms with Crippen LogP contribution in [0.1, 0.15) is 12.0 Å². The number of rotatable bonds is 9. The van der Waals surface area contributed by atoms with Gasteiger partial charge in [0.2, 0.25) is 0 Å². The lowest BCUT2D eigenvalue weighted by atomic mass is 10.1. The molecule has 1 aliphatic heterocycles. The molecule has 0 unspecified atom stereocenters. The maximum Gasteiger partial charge on any atom is 0.297 e. The van der Waals surface area contributed by atoms with Crippen LogP contribution >= 0.6 is 23.5 Å². The molecule has 2 rings (SSSR count). The lowest BCUT2D eigenvalue weighted by Crippen LogP contribution is -2.38. The summed E-state index contributed by atoms with van der Waals surface area (Å²) in [5.41, 5.74) is 0.992. The third-order valence-corrected chi connectivity index (χ3v) is 7.92. The van der Waals surface area contributed by atoms with E-state index in [9.17, 15) is 8.42 Å². The van der Waals surface area contributed by atoms with Gasteiger partial charge in [0.25, 0.3) is 10.1 Å². The van der Waals surface area contributed by atoms with Crippen molar-refractivity contribution in [3.8, 4) is 0 Å². The summed E-state index contributed by atoms with van der Waals surface area (Å²) in [6, 6.07) is 6.59. The van der Waals surface area contributed by atoms with Gasteiger partial charge in [-0.2, -0.15) is 8.42 Å². The fourth-order valence-corrected chi connectivity index (χ4v) is 5.23. The minimum absolute atomic E-state index is 0.145. The molecule has 1 fully saturated rings. The molecule has 5 nitrogen and oxygen atoms in total. The molecule has 1 aliphatic rings. The average molecular weight is 379 g/mol. The van der Waals surface area contributed by atoms with Crippen LogP contribution in [0.25, 0.3) is 0 Å². The highest BCUT2D eigenvalue weighted by Crippen LogP contribution is 2.42. The monoisotopic (exact) mass is 378 g/mol. The third kappa shape index (κ3) is 5.37. The number of hydrogen-bond acceptors (Lipinski definition) is 7. The van der Waals surface area contributed by atoms with Crippen LogP contribution in [0.5, 0.6) is 0 Å². The van der Waals surface area contributed by atoms with Crippen LogP contribution in [-0.2, 0) is 23.8 Å². The molecule has 0 N–H and O–H groups in total. The third-order valence-electron chi connectivity index (χ3n) is 3.54. The van der Waals surface area contributed by atoms with Gasteiger partial charge in [0, 0.05) is 19.3 Å². The second-order valence-corrected chi connectivity index (χ2v) is 9.87. The molecule has 0 saturated carbocycles.